The van der Waals surface area contributed by atoms with Crippen molar-refractivity contribution in [2.45, 2.75) is 19.6 Å². The molecule has 0 saturated heterocycles. The van der Waals surface area contributed by atoms with Gasteiger partial charge in [-0.3, -0.25) is 0 Å². The van der Waals surface area contributed by atoms with Crippen LogP contribution in [0, 0.1) is 0 Å². The van der Waals surface area contributed by atoms with Gasteiger partial charge in [0, 0.05) is 0 Å². The number of rotatable bonds is 2. The number of hydrogen-bond donors (Lipinski definition) is 0. The number of hydrogen-bond acceptors (Lipinski definition) is 2. The average Bonchev–Trinajstić information content (AvgIpc) is 2.73. The van der Waals surface area contributed by atoms with Crippen LogP contribution in [0.4, 0.5) is 0 Å². The Morgan fingerprint density at radius 2 is 1.93 bits per heavy atom. The minimum absolute atomic E-state index is 0.986. The third-order valence-corrected chi connectivity index (χ3v) is 6.81. The van der Waals surface area contributed by atoms with Crippen molar-refractivity contribution >= 4 is 23.9 Å². The Balaban J connectivity index is 2.36. The van der Waals surface area contributed by atoms with Crippen molar-refractivity contribution in [1.29, 1.82) is 0 Å². The summed E-state index contributed by atoms with van der Waals surface area (Å²) >= 11 is 1.87. The van der Waals surface area contributed by atoms with Crippen molar-refractivity contribution in [3.05, 3.63) is 30.5 Å². The van der Waals surface area contributed by atoms with Crippen LogP contribution in [0.3, 0.4) is 0 Å². The van der Waals surface area contributed by atoms with Gasteiger partial charge in [0.2, 0.25) is 0 Å². The second-order valence-electron chi connectivity index (χ2n) is 4.39. The van der Waals surface area contributed by atoms with Gasteiger partial charge in [0.25, 0.3) is 0 Å². The molecule has 0 aliphatic rings. The predicted octanol–water partition coefficient (Wildman–Crippen LogP) is 3.55. The molecule has 2 aromatic rings. The van der Waals surface area contributed by atoms with Crippen molar-refractivity contribution in [3.63, 3.8) is 0 Å². The highest BCUT2D eigenvalue weighted by Gasteiger charge is 2.19. The molecule has 0 saturated carbocycles. The zero-order chi connectivity index (χ0) is 10.2. The van der Waals surface area contributed by atoms with Crippen LogP contribution in [-0.4, -0.2) is 8.07 Å². The SMILES string of the molecule is C[Si](C)(C)c1ccc(-c2ccco2)s1. The summed E-state index contributed by atoms with van der Waals surface area (Å²) in [6.45, 7) is 7.10. The van der Waals surface area contributed by atoms with Crippen molar-refractivity contribution in [2.75, 3.05) is 0 Å². The van der Waals surface area contributed by atoms with Crippen molar-refractivity contribution in [2.24, 2.45) is 0 Å². The van der Waals surface area contributed by atoms with E-state index in [1.165, 1.54) is 9.38 Å². The molecule has 2 heterocycles. The summed E-state index contributed by atoms with van der Waals surface area (Å²) in [6.07, 6.45) is 1.73. The highest BCUT2D eigenvalue weighted by molar-refractivity contribution is 7.28. The summed E-state index contributed by atoms with van der Waals surface area (Å²) in [5.74, 6) is 0.986. The minimum atomic E-state index is -1.15. The Bertz CT molecular complexity index is 409. The summed E-state index contributed by atoms with van der Waals surface area (Å²) in [4.78, 5) is 1.24. The smallest absolute Gasteiger partial charge is 0.143 e. The van der Waals surface area contributed by atoms with E-state index in [2.05, 4.69) is 31.8 Å². The molecule has 0 aliphatic heterocycles. The predicted molar refractivity (Wildman–Crippen MR) is 65.0 cm³/mol. The van der Waals surface area contributed by atoms with Gasteiger partial charge >= 0.3 is 0 Å². The highest BCUT2D eigenvalue weighted by atomic mass is 32.1. The molecule has 0 amide bonds. The largest absolute Gasteiger partial charge is 0.464 e. The lowest BCUT2D eigenvalue weighted by Crippen LogP contribution is -2.34. The molecule has 0 atom stereocenters. The lowest BCUT2D eigenvalue weighted by Gasteiger charge is -2.12. The molecule has 0 spiro atoms. The van der Waals surface area contributed by atoms with Crippen LogP contribution in [0.5, 0.6) is 0 Å². The van der Waals surface area contributed by atoms with Crippen LogP contribution in [0.25, 0.3) is 10.6 Å². The Morgan fingerprint density at radius 3 is 2.43 bits per heavy atom. The van der Waals surface area contributed by atoms with Gasteiger partial charge in [0.05, 0.1) is 19.2 Å². The molecule has 2 aromatic heterocycles. The van der Waals surface area contributed by atoms with Gasteiger partial charge < -0.3 is 4.42 Å². The van der Waals surface area contributed by atoms with E-state index in [-0.39, 0.29) is 0 Å². The third-order valence-electron chi connectivity index (χ3n) is 2.11. The molecular formula is C11H14OSSi. The Kier molecular flexibility index (Phi) is 2.37. The van der Waals surface area contributed by atoms with Crippen LogP contribution >= 0.6 is 11.3 Å². The van der Waals surface area contributed by atoms with E-state index in [1.54, 1.807) is 6.26 Å². The molecule has 0 aromatic carbocycles. The molecule has 0 N–H and O–H groups in total. The molecule has 2 rings (SSSR count). The fraction of sp³-hybridized carbons (Fsp3) is 0.273. The van der Waals surface area contributed by atoms with Crippen molar-refractivity contribution in [1.82, 2.24) is 0 Å². The van der Waals surface area contributed by atoms with Gasteiger partial charge in [0.1, 0.15) is 5.76 Å². The van der Waals surface area contributed by atoms with Crippen molar-refractivity contribution in [3.8, 4) is 10.6 Å². The first-order valence-corrected chi connectivity index (χ1v) is 9.03. The van der Waals surface area contributed by atoms with Gasteiger partial charge in [-0.25, -0.2) is 0 Å². The first kappa shape index (κ1) is 9.74. The Hall–Kier alpha value is -0.803. The fourth-order valence-corrected chi connectivity index (χ4v) is 4.16. The molecule has 0 aliphatic carbocycles. The summed E-state index contributed by atoms with van der Waals surface area (Å²) in [5.41, 5.74) is 0. The zero-order valence-corrected chi connectivity index (χ0v) is 10.5. The molecule has 14 heavy (non-hydrogen) atoms. The van der Waals surface area contributed by atoms with E-state index in [9.17, 15) is 0 Å². The van der Waals surface area contributed by atoms with Gasteiger partial charge in [-0.2, -0.15) is 0 Å². The Morgan fingerprint density at radius 1 is 1.14 bits per heavy atom. The van der Waals surface area contributed by atoms with E-state index < -0.39 is 8.07 Å². The summed E-state index contributed by atoms with van der Waals surface area (Å²) in [6, 6.07) is 8.36. The minimum Gasteiger partial charge on any atom is -0.464 e. The standard InChI is InChI=1S/C11H14OSSi/c1-14(2,3)11-7-6-10(13-11)9-5-4-8-12-9/h4-8H,1-3H3. The second kappa shape index (κ2) is 3.40. The van der Waals surface area contributed by atoms with Gasteiger partial charge in [-0.15, -0.1) is 11.3 Å². The van der Waals surface area contributed by atoms with Crippen LogP contribution in [-0.2, 0) is 0 Å². The Labute approximate surface area is 89.4 Å². The average molecular weight is 222 g/mol. The molecular weight excluding hydrogens is 208 g/mol. The second-order valence-corrected chi connectivity index (χ2v) is 10.9. The maximum atomic E-state index is 5.37. The first-order chi connectivity index (χ1) is 6.57. The lowest BCUT2D eigenvalue weighted by atomic mass is 10.4. The van der Waals surface area contributed by atoms with Gasteiger partial charge in [-0.1, -0.05) is 25.7 Å². The highest BCUT2D eigenvalue weighted by Crippen LogP contribution is 2.25. The van der Waals surface area contributed by atoms with E-state index in [4.69, 9.17) is 4.42 Å². The van der Waals surface area contributed by atoms with Crippen LogP contribution < -0.4 is 4.50 Å². The van der Waals surface area contributed by atoms with E-state index in [0.29, 0.717) is 0 Å². The normalized spacial score (nSPS) is 11.9. The lowest BCUT2D eigenvalue weighted by molar-refractivity contribution is 0.584. The summed E-state index contributed by atoms with van der Waals surface area (Å²) in [5, 5.41) is 0. The fourth-order valence-electron chi connectivity index (χ4n) is 1.29. The van der Waals surface area contributed by atoms with Crippen LogP contribution in [0.1, 0.15) is 0 Å². The zero-order valence-electron chi connectivity index (χ0n) is 8.70. The quantitative estimate of drug-likeness (QED) is 0.708. The molecule has 74 valence electrons. The molecule has 0 bridgehead atoms. The maximum Gasteiger partial charge on any atom is 0.143 e. The molecule has 3 heteroatoms. The van der Waals surface area contributed by atoms with E-state index in [1.807, 2.05) is 23.5 Å². The van der Waals surface area contributed by atoms with Crippen LogP contribution in [0.15, 0.2) is 34.9 Å². The van der Waals surface area contributed by atoms with Gasteiger partial charge in [-0.05, 0) is 22.7 Å². The van der Waals surface area contributed by atoms with Gasteiger partial charge in [0.15, 0.2) is 0 Å². The first-order valence-electron chi connectivity index (χ1n) is 4.71. The maximum absolute atomic E-state index is 5.37. The molecule has 0 fully saturated rings. The monoisotopic (exact) mass is 222 g/mol. The molecule has 0 unspecified atom stereocenters. The van der Waals surface area contributed by atoms with E-state index in [0.717, 1.165) is 5.76 Å². The van der Waals surface area contributed by atoms with E-state index >= 15 is 0 Å². The van der Waals surface area contributed by atoms with Crippen LogP contribution in [0.2, 0.25) is 19.6 Å². The molecule has 0 radical (unpaired) electrons. The number of thiophene rings is 1. The topological polar surface area (TPSA) is 13.1 Å². The molecule has 1 nitrogen and oxygen atoms in total. The summed E-state index contributed by atoms with van der Waals surface area (Å²) < 4.78 is 6.90. The summed E-state index contributed by atoms with van der Waals surface area (Å²) in [7, 11) is -1.15. The number of furan rings is 1. The third kappa shape index (κ3) is 1.83. The van der Waals surface area contributed by atoms with Crippen molar-refractivity contribution < 1.29 is 4.42 Å².